The van der Waals surface area contributed by atoms with E-state index in [9.17, 15) is 18.0 Å². The van der Waals surface area contributed by atoms with Crippen LogP contribution in [0.4, 0.5) is 5.69 Å². The second-order valence-corrected chi connectivity index (χ2v) is 12.8. The molecule has 0 heterocycles. The highest BCUT2D eigenvalue weighted by Crippen LogP contribution is 2.35. The lowest BCUT2D eigenvalue weighted by atomic mass is 10.1. The molecule has 0 radical (unpaired) electrons. The van der Waals surface area contributed by atoms with Crippen LogP contribution < -0.4 is 14.4 Å². The van der Waals surface area contributed by atoms with E-state index in [1.165, 1.54) is 36.3 Å². The largest absolute Gasteiger partial charge is 0.495 e. The minimum absolute atomic E-state index is 0.0336. The van der Waals surface area contributed by atoms with Gasteiger partial charge < -0.3 is 15.0 Å². The highest BCUT2D eigenvalue weighted by molar-refractivity contribution is 7.92. The fraction of sp³-hybridized carbons (Fsp3) is 0.333. The summed E-state index contributed by atoms with van der Waals surface area (Å²) in [4.78, 5) is 28.9. The SMILES string of the molecule is CC[C@H](C(=O)N[C@@H](C)CC)N(Cc1ccc(Cl)cc1Cl)C(=O)CN(c1cc(Cl)ccc1OC)S(=O)(=O)c1ccccc1. The fourth-order valence-electron chi connectivity index (χ4n) is 4.29. The molecule has 226 valence electrons. The van der Waals surface area contributed by atoms with Crippen molar-refractivity contribution in [1.29, 1.82) is 0 Å². The summed E-state index contributed by atoms with van der Waals surface area (Å²) in [5.41, 5.74) is 0.616. The number of methoxy groups -OCH3 is 1. The van der Waals surface area contributed by atoms with Gasteiger partial charge in [0.15, 0.2) is 0 Å². The standard InChI is InChI=1S/C30H34Cl3N3O5S/c1-5-20(3)34-30(38)26(6-2)35(18-21-12-13-22(31)16-25(21)33)29(37)19-36(27-17-23(32)14-15-28(27)41-4)42(39,40)24-10-8-7-9-11-24/h7-17,20,26H,5-6,18-19H2,1-4H3,(H,34,38)/t20-,26+/m0/s1. The van der Waals surface area contributed by atoms with Gasteiger partial charge in [0.2, 0.25) is 11.8 Å². The van der Waals surface area contributed by atoms with Crippen LogP contribution in [0.3, 0.4) is 0 Å². The third-order valence-corrected chi connectivity index (χ3v) is 9.36. The van der Waals surface area contributed by atoms with Crippen molar-refractivity contribution in [2.24, 2.45) is 0 Å². The number of nitrogens with one attached hydrogen (secondary N) is 1. The molecule has 3 rings (SSSR count). The molecule has 0 fully saturated rings. The van der Waals surface area contributed by atoms with E-state index >= 15 is 0 Å². The minimum atomic E-state index is -4.29. The third kappa shape index (κ3) is 8.10. The molecule has 2 amide bonds. The number of sulfonamides is 1. The summed E-state index contributed by atoms with van der Waals surface area (Å²) in [7, 11) is -2.90. The molecule has 0 unspecified atom stereocenters. The maximum atomic E-state index is 14.2. The van der Waals surface area contributed by atoms with Gasteiger partial charge in [-0.25, -0.2) is 8.42 Å². The lowest BCUT2D eigenvalue weighted by molar-refractivity contribution is -0.140. The molecular formula is C30H34Cl3N3O5S. The van der Waals surface area contributed by atoms with Gasteiger partial charge in [0, 0.05) is 27.7 Å². The number of hydrogen-bond acceptors (Lipinski definition) is 5. The van der Waals surface area contributed by atoms with E-state index in [4.69, 9.17) is 39.5 Å². The molecular weight excluding hydrogens is 621 g/mol. The first-order chi connectivity index (χ1) is 19.9. The van der Waals surface area contributed by atoms with Crippen molar-refractivity contribution in [3.8, 4) is 5.75 Å². The second-order valence-electron chi connectivity index (χ2n) is 9.64. The lowest BCUT2D eigenvalue weighted by Crippen LogP contribution is -2.53. The zero-order chi connectivity index (χ0) is 31.0. The molecule has 0 aliphatic carbocycles. The number of hydrogen-bond donors (Lipinski definition) is 1. The Morgan fingerprint density at radius 2 is 1.57 bits per heavy atom. The number of amides is 2. The van der Waals surface area contributed by atoms with Gasteiger partial charge in [-0.05, 0) is 67.8 Å². The molecule has 0 bridgehead atoms. The first-order valence-electron chi connectivity index (χ1n) is 13.4. The van der Waals surface area contributed by atoms with Gasteiger partial charge in [-0.15, -0.1) is 0 Å². The highest BCUT2D eigenvalue weighted by atomic mass is 35.5. The van der Waals surface area contributed by atoms with Crippen molar-refractivity contribution in [3.05, 3.63) is 87.4 Å². The summed E-state index contributed by atoms with van der Waals surface area (Å²) < 4.78 is 34.4. The molecule has 3 aromatic rings. The number of anilines is 1. The van der Waals surface area contributed by atoms with Crippen LogP contribution in [0.15, 0.2) is 71.6 Å². The van der Waals surface area contributed by atoms with Crippen LogP contribution in [-0.2, 0) is 26.2 Å². The van der Waals surface area contributed by atoms with E-state index in [-0.39, 0.29) is 46.3 Å². The summed E-state index contributed by atoms with van der Waals surface area (Å²) in [5, 5.41) is 3.90. The van der Waals surface area contributed by atoms with E-state index in [0.29, 0.717) is 22.0 Å². The van der Waals surface area contributed by atoms with Crippen molar-refractivity contribution < 1.29 is 22.7 Å². The first kappa shape index (κ1) is 33.5. The molecule has 0 saturated heterocycles. The van der Waals surface area contributed by atoms with Gasteiger partial charge in [-0.1, -0.05) is 72.9 Å². The molecule has 0 aromatic heterocycles. The predicted molar refractivity (Wildman–Crippen MR) is 168 cm³/mol. The third-order valence-electron chi connectivity index (χ3n) is 6.76. The highest BCUT2D eigenvalue weighted by Gasteiger charge is 2.35. The summed E-state index contributed by atoms with van der Waals surface area (Å²) in [6, 6.07) is 16.0. The Morgan fingerprint density at radius 3 is 2.17 bits per heavy atom. The average Bonchev–Trinajstić information content (AvgIpc) is 2.97. The van der Waals surface area contributed by atoms with Crippen molar-refractivity contribution in [3.63, 3.8) is 0 Å². The molecule has 0 spiro atoms. The topological polar surface area (TPSA) is 96.0 Å². The van der Waals surface area contributed by atoms with Crippen molar-refractivity contribution in [2.75, 3.05) is 18.0 Å². The summed E-state index contributed by atoms with van der Waals surface area (Å²) >= 11 is 18.8. The number of ether oxygens (including phenoxy) is 1. The minimum Gasteiger partial charge on any atom is -0.495 e. The van der Waals surface area contributed by atoms with Crippen LogP contribution in [0.1, 0.15) is 39.2 Å². The number of rotatable bonds is 13. The number of nitrogens with zero attached hydrogens (tertiary/aromatic N) is 2. The maximum absolute atomic E-state index is 14.2. The van der Waals surface area contributed by atoms with E-state index in [2.05, 4.69) is 5.32 Å². The van der Waals surface area contributed by atoms with Crippen molar-refractivity contribution in [1.82, 2.24) is 10.2 Å². The Balaban J connectivity index is 2.14. The smallest absolute Gasteiger partial charge is 0.264 e. The second kappa shape index (κ2) is 15.0. The number of carbonyl (C=O) groups is 2. The van der Waals surface area contributed by atoms with Crippen molar-refractivity contribution in [2.45, 2.75) is 57.1 Å². The lowest BCUT2D eigenvalue weighted by Gasteiger charge is -2.34. The van der Waals surface area contributed by atoms with Crippen LogP contribution in [0.5, 0.6) is 5.75 Å². The fourth-order valence-corrected chi connectivity index (χ4v) is 6.36. The molecule has 0 aliphatic heterocycles. The van der Waals surface area contributed by atoms with Crippen LogP contribution in [0.2, 0.25) is 15.1 Å². The summed E-state index contributed by atoms with van der Waals surface area (Å²) in [5.74, 6) is -0.794. The van der Waals surface area contributed by atoms with Crippen molar-refractivity contribution >= 4 is 62.3 Å². The van der Waals surface area contributed by atoms with Crippen LogP contribution in [0.25, 0.3) is 0 Å². The van der Waals surface area contributed by atoms with Gasteiger partial charge in [-0.3, -0.25) is 13.9 Å². The zero-order valence-electron chi connectivity index (χ0n) is 23.8. The quantitative estimate of drug-likeness (QED) is 0.225. The maximum Gasteiger partial charge on any atom is 0.264 e. The van der Waals surface area contributed by atoms with E-state index in [1.54, 1.807) is 49.4 Å². The number of benzene rings is 3. The van der Waals surface area contributed by atoms with Gasteiger partial charge in [0.1, 0.15) is 18.3 Å². The van der Waals surface area contributed by atoms with Crippen LogP contribution >= 0.6 is 34.8 Å². The average molecular weight is 655 g/mol. The molecule has 0 aliphatic rings. The molecule has 8 nitrogen and oxygen atoms in total. The Morgan fingerprint density at radius 1 is 0.929 bits per heavy atom. The number of halogens is 3. The molecule has 42 heavy (non-hydrogen) atoms. The number of carbonyl (C=O) groups excluding carboxylic acids is 2. The van der Waals surface area contributed by atoms with E-state index in [0.717, 1.165) is 4.31 Å². The van der Waals surface area contributed by atoms with Crippen LogP contribution in [0, 0.1) is 0 Å². The van der Waals surface area contributed by atoms with Gasteiger partial charge in [0.25, 0.3) is 10.0 Å². The zero-order valence-corrected chi connectivity index (χ0v) is 26.9. The van der Waals surface area contributed by atoms with Gasteiger partial charge in [-0.2, -0.15) is 0 Å². The summed E-state index contributed by atoms with van der Waals surface area (Å²) in [6.45, 7) is 4.88. The van der Waals surface area contributed by atoms with Crippen LogP contribution in [-0.4, -0.2) is 50.9 Å². The molecule has 3 aromatic carbocycles. The normalized spacial score (nSPS) is 12.7. The Bertz CT molecular complexity index is 1510. The first-order valence-corrected chi connectivity index (χ1v) is 15.9. The van der Waals surface area contributed by atoms with E-state index < -0.39 is 28.5 Å². The monoisotopic (exact) mass is 653 g/mol. The Hall–Kier alpha value is -2.98. The molecule has 1 N–H and O–H groups in total. The molecule has 2 atom stereocenters. The van der Waals surface area contributed by atoms with Gasteiger partial charge in [0.05, 0.1) is 17.7 Å². The van der Waals surface area contributed by atoms with E-state index in [1.807, 2.05) is 13.8 Å². The Labute approximate surface area is 262 Å². The Kier molecular flexibility index (Phi) is 11.9. The predicted octanol–water partition coefficient (Wildman–Crippen LogP) is 6.57. The molecule has 12 heteroatoms. The van der Waals surface area contributed by atoms with Gasteiger partial charge >= 0.3 is 0 Å². The summed E-state index contributed by atoms with van der Waals surface area (Å²) in [6.07, 6.45) is 0.960. The molecule has 0 saturated carbocycles.